The largest absolute Gasteiger partial charge is 0.481 e. The molecule has 27 heavy (non-hydrogen) atoms. The van der Waals surface area contributed by atoms with E-state index < -0.39 is 11.6 Å². The lowest BCUT2D eigenvalue weighted by atomic mass is 10.0. The van der Waals surface area contributed by atoms with Crippen LogP contribution in [0.4, 0.5) is 8.78 Å². The van der Waals surface area contributed by atoms with Gasteiger partial charge in [0.05, 0.1) is 6.10 Å². The fourth-order valence-corrected chi connectivity index (χ4v) is 4.52. The number of aryl methyl sites for hydroxylation is 1. The summed E-state index contributed by atoms with van der Waals surface area (Å²) in [6, 6.07) is 14.6. The van der Waals surface area contributed by atoms with E-state index in [0.29, 0.717) is 10.4 Å². The van der Waals surface area contributed by atoms with Crippen LogP contribution in [0.15, 0.2) is 48.5 Å². The molecule has 0 bridgehead atoms. The van der Waals surface area contributed by atoms with E-state index in [1.54, 1.807) is 12.1 Å². The number of rotatable bonds is 5. The van der Waals surface area contributed by atoms with Crippen molar-refractivity contribution in [1.82, 2.24) is 0 Å². The SMILES string of the molecule is CCc1ccc(-c2ccc(-c3ccc(OC4CCCC4)s3)c(F)c2F)cc1. The molecule has 0 spiro atoms. The Bertz CT molecular complexity index is 924. The highest BCUT2D eigenvalue weighted by atomic mass is 32.1. The lowest BCUT2D eigenvalue weighted by Crippen LogP contribution is -2.09. The van der Waals surface area contributed by atoms with E-state index in [1.807, 2.05) is 36.4 Å². The number of benzene rings is 2. The summed E-state index contributed by atoms with van der Waals surface area (Å²) in [4.78, 5) is 0.687. The Hall–Kier alpha value is -2.20. The predicted octanol–water partition coefficient (Wildman–Crippen LogP) is 7.24. The maximum absolute atomic E-state index is 14.8. The van der Waals surface area contributed by atoms with Crippen molar-refractivity contribution in [3.63, 3.8) is 0 Å². The summed E-state index contributed by atoms with van der Waals surface area (Å²) in [5.74, 6) is -1.61. The summed E-state index contributed by atoms with van der Waals surface area (Å²) in [6.45, 7) is 2.07. The Morgan fingerprint density at radius 3 is 2.26 bits per heavy atom. The van der Waals surface area contributed by atoms with E-state index >= 15 is 0 Å². The van der Waals surface area contributed by atoms with Crippen molar-refractivity contribution < 1.29 is 13.5 Å². The molecule has 4 heteroatoms. The van der Waals surface area contributed by atoms with Gasteiger partial charge in [0.1, 0.15) is 0 Å². The summed E-state index contributed by atoms with van der Waals surface area (Å²) in [6.07, 6.45) is 5.71. The van der Waals surface area contributed by atoms with E-state index in [-0.39, 0.29) is 17.2 Å². The van der Waals surface area contributed by atoms with Gasteiger partial charge in [-0.3, -0.25) is 0 Å². The van der Waals surface area contributed by atoms with Gasteiger partial charge in [0.2, 0.25) is 0 Å². The number of hydrogen-bond donors (Lipinski definition) is 0. The number of halogens is 2. The minimum absolute atomic E-state index is 0.256. The van der Waals surface area contributed by atoms with E-state index in [9.17, 15) is 8.78 Å². The van der Waals surface area contributed by atoms with Gasteiger partial charge in [-0.2, -0.15) is 0 Å². The summed E-state index contributed by atoms with van der Waals surface area (Å²) < 4.78 is 35.5. The highest BCUT2D eigenvalue weighted by Crippen LogP contribution is 2.38. The number of hydrogen-bond acceptors (Lipinski definition) is 2. The third-order valence-corrected chi connectivity index (χ3v) is 6.20. The monoisotopic (exact) mass is 384 g/mol. The minimum Gasteiger partial charge on any atom is -0.481 e. The van der Waals surface area contributed by atoms with Crippen molar-refractivity contribution in [3.05, 3.63) is 65.7 Å². The summed E-state index contributed by atoms with van der Waals surface area (Å²) in [5.41, 5.74) is 2.43. The highest BCUT2D eigenvalue weighted by Gasteiger charge is 2.20. The van der Waals surface area contributed by atoms with E-state index in [0.717, 1.165) is 24.3 Å². The molecule has 4 rings (SSSR count). The van der Waals surface area contributed by atoms with Crippen LogP contribution in [0, 0.1) is 11.6 Å². The van der Waals surface area contributed by atoms with Crippen LogP contribution < -0.4 is 4.74 Å². The topological polar surface area (TPSA) is 9.23 Å². The van der Waals surface area contributed by atoms with Crippen molar-refractivity contribution in [2.45, 2.75) is 45.1 Å². The zero-order valence-corrected chi connectivity index (χ0v) is 16.1. The van der Waals surface area contributed by atoms with Crippen molar-refractivity contribution >= 4 is 11.3 Å². The van der Waals surface area contributed by atoms with Gasteiger partial charge < -0.3 is 4.74 Å². The molecule has 0 radical (unpaired) electrons. The Labute approximate surface area is 162 Å². The molecule has 1 saturated carbocycles. The summed E-state index contributed by atoms with van der Waals surface area (Å²) in [5, 5.41) is 0.774. The molecule has 0 atom stereocenters. The van der Waals surface area contributed by atoms with Gasteiger partial charge >= 0.3 is 0 Å². The smallest absolute Gasteiger partial charge is 0.174 e. The van der Waals surface area contributed by atoms with Gasteiger partial charge in [-0.15, -0.1) is 0 Å². The molecule has 1 aromatic heterocycles. The lowest BCUT2D eigenvalue weighted by Gasteiger charge is -2.10. The second-order valence-corrected chi connectivity index (χ2v) is 8.03. The normalized spacial score (nSPS) is 14.6. The first-order chi connectivity index (χ1) is 13.2. The van der Waals surface area contributed by atoms with Crippen molar-refractivity contribution in [2.75, 3.05) is 0 Å². The predicted molar refractivity (Wildman–Crippen MR) is 107 cm³/mol. The van der Waals surface area contributed by atoms with Crippen LogP contribution in [-0.2, 0) is 6.42 Å². The number of thiophene rings is 1. The molecule has 0 aliphatic heterocycles. The standard InChI is InChI=1S/C23H22F2OS/c1-2-15-7-9-16(10-8-15)18-11-12-19(23(25)22(18)24)20-13-14-21(27-20)26-17-5-3-4-6-17/h7-14,17H,2-6H2,1H3. The molecule has 1 heterocycles. The summed E-state index contributed by atoms with van der Waals surface area (Å²) >= 11 is 1.37. The Morgan fingerprint density at radius 1 is 0.889 bits per heavy atom. The molecule has 1 aliphatic carbocycles. The zero-order valence-electron chi connectivity index (χ0n) is 15.3. The lowest BCUT2D eigenvalue weighted by molar-refractivity contribution is 0.217. The maximum atomic E-state index is 14.8. The van der Waals surface area contributed by atoms with Crippen LogP contribution in [0.2, 0.25) is 0 Å². The second-order valence-electron chi connectivity index (χ2n) is 6.98. The van der Waals surface area contributed by atoms with Gasteiger partial charge in [-0.25, -0.2) is 8.78 Å². The molecule has 0 amide bonds. The van der Waals surface area contributed by atoms with Crippen molar-refractivity contribution in [1.29, 1.82) is 0 Å². The first-order valence-corrected chi connectivity index (χ1v) is 10.3. The molecular formula is C23H22F2OS. The van der Waals surface area contributed by atoms with E-state index in [4.69, 9.17) is 4.74 Å². The first kappa shape index (κ1) is 18.2. The molecular weight excluding hydrogens is 362 g/mol. The Balaban J connectivity index is 1.60. The Kier molecular flexibility index (Phi) is 5.26. The van der Waals surface area contributed by atoms with Gasteiger partial charge in [-0.05, 0) is 61.4 Å². The quantitative estimate of drug-likeness (QED) is 0.450. The third kappa shape index (κ3) is 3.77. The van der Waals surface area contributed by atoms with Crippen molar-refractivity contribution in [3.8, 4) is 26.6 Å². The highest BCUT2D eigenvalue weighted by molar-refractivity contribution is 7.17. The van der Waals surface area contributed by atoms with E-state index in [2.05, 4.69) is 6.92 Å². The average Bonchev–Trinajstić information content (AvgIpc) is 3.37. The molecule has 1 nitrogen and oxygen atoms in total. The van der Waals surface area contributed by atoms with Gasteiger partial charge in [0.25, 0.3) is 0 Å². The molecule has 2 aromatic carbocycles. The zero-order chi connectivity index (χ0) is 18.8. The van der Waals surface area contributed by atoms with Gasteiger partial charge in [-0.1, -0.05) is 48.6 Å². The molecule has 140 valence electrons. The summed E-state index contributed by atoms with van der Waals surface area (Å²) in [7, 11) is 0. The minimum atomic E-state index is -0.804. The van der Waals surface area contributed by atoms with E-state index in [1.165, 1.54) is 29.7 Å². The molecule has 3 aromatic rings. The van der Waals surface area contributed by atoms with Crippen LogP contribution in [0.3, 0.4) is 0 Å². The second kappa shape index (κ2) is 7.81. The first-order valence-electron chi connectivity index (χ1n) is 9.50. The number of ether oxygens (including phenoxy) is 1. The van der Waals surface area contributed by atoms with Crippen LogP contribution in [0.5, 0.6) is 5.06 Å². The molecule has 0 N–H and O–H groups in total. The molecule has 1 aliphatic rings. The van der Waals surface area contributed by atoms with Crippen molar-refractivity contribution in [2.24, 2.45) is 0 Å². The third-order valence-electron chi connectivity index (χ3n) is 5.19. The van der Waals surface area contributed by atoms with Crippen LogP contribution >= 0.6 is 11.3 Å². The van der Waals surface area contributed by atoms with Crippen LogP contribution in [0.1, 0.15) is 38.2 Å². The average molecular weight is 384 g/mol. The van der Waals surface area contributed by atoms with Gasteiger partial charge in [0.15, 0.2) is 16.7 Å². The van der Waals surface area contributed by atoms with Crippen LogP contribution in [0.25, 0.3) is 21.6 Å². The molecule has 1 fully saturated rings. The fourth-order valence-electron chi connectivity index (χ4n) is 3.58. The van der Waals surface area contributed by atoms with Crippen LogP contribution in [-0.4, -0.2) is 6.10 Å². The fraction of sp³-hybridized carbons (Fsp3) is 0.304. The van der Waals surface area contributed by atoms with Gasteiger partial charge in [0, 0.05) is 16.0 Å². The Morgan fingerprint density at radius 2 is 1.56 bits per heavy atom. The molecule has 0 unspecified atom stereocenters. The maximum Gasteiger partial charge on any atom is 0.174 e. The molecule has 0 saturated heterocycles.